The van der Waals surface area contributed by atoms with Gasteiger partial charge in [0.25, 0.3) is 0 Å². The van der Waals surface area contributed by atoms with Crippen LogP contribution in [0.25, 0.3) is 11.1 Å². The zero-order valence-electron chi connectivity index (χ0n) is 19.1. The Kier molecular flexibility index (Phi) is 8.45. The van der Waals surface area contributed by atoms with Gasteiger partial charge in [0.2, 0.25) is 5.91 Å². The van der Waals surface area contributed by atoms with Crippen LogP contribution in [-0.4, -0.2) is 19.6 Å². The van der Waals surface area contributed by atoms with E-state index >= 15 is 0 Å². The van der Waals surface area contributed by atoms with Crippen molar-refractivity contribution in [3.63, 3.8) is 0 Å². The molecule has 166 valence electrons. The molecule has 0 bridgehead atoms. The second kappa shape index (κ2) is 11.3. The normalized spacial score (nSPS) is 18.5. The maximum absolute atomic E-state index is 12.3. The Hall–Kier alpha value is -2.42. The Morgan fingerprint density at radius 3 is 2.42 bits per heavy atom. The van der Waals surface area contributed by atoms with Crippen molar-refractivity contribution in [3.05, 3.63) is 66.2 Å². The fourth-order valence-corrected chi connectivity index (χ4v) is 4.87. The number of unbranched alkanes of at least 4 members (excludes halogenated alkanes) is 1. The van der Waals surface area contributed by atoms with E-state index in [1.807, 2.05) is 6.07 Å². The number of amides is 1. The number of benzene rings is 2. The summed E-state index contributed by atoms with van der Waals surface area (Å²) in [4.78, 5) is 13.6. The molecule has 1 saturated carbocycles. The topological polar surface area (TPSA) is 20.3 Å². The van der Waals surface area contributed by atoms with Crippen LogP contribution in [0.15, 0.2) is 55.1 Å². The van der Waals surface area contributed by atoms with Crippen LogP contribution < -0.4 is 4.90 Å². The van der Waals surface area contributed by atoms with E-state index in [0.717, 1.165) is 30.9 Å². The van der Waals surface area contributed by atoms with Crippen LogP contribution in [0.4, 0.5) is 10.1 Å². The van der Waals surface area contributed by atoms with Crippen molar-refractivity contribution >= 4 is 11.6 Å². The van der Waals surface area contributed by atoms with Crippen LogP contribution in [-0.2, 0) is 11.2 Å². The van der Waals surface area contributed by atoms with Crippen LogP contribution in [0.2, 0.25) is 0 Å². The third-order valence-corrected chi connectivity index (χ3v) is 6.90. The Morgan fingerprint density at radius 1 is 1.10 bits per heavy atom. The van der Waals surface area contributed by atoms with Crippen LogP contribution in [0.1, 0.15) is 68.9 Å². The second-order valence-corrected chi connectivity index (χ2v) is 8.82. The lowest BCUT2D eigenvalue weighted by atomic mass is 9.77. The highest BCUT2D eigenvalue weighted by molar-refractivity contribution is 6.00. The molecule has 2 aromatic rings. The number of halogens is 1. The minimum absolute atomic E-state index is 0.101. The molecule has 1 fully saturated rings. The van der Waals surface area contributed by atoms with Gasteiger partial charge in [-0.15, -0.1) is 0 Å². The summed E-state index contributed by atoms with van der Waals surface area (Å²) in [5.41, 5.74) is 6.03. The lowest BCUT2D eigenvalue weighted by molar-refractivity contribution is -0.113. The standard InChI is InChI=1S/C28H36FNO/c1-4-22-20-26(30(3)28(31)5-2)17-18-27(22)25-15-13-24(14-16-25)23-11-9-21(10-12-23)8-6-7-19-29/h5,13-18,20-21,23H,2,4,6-12,19H2,1,3H3. The zero-order chi connectivity index (χ0) is 22.2. The smallest absolute Gasteiger partial charge is 0.250 e. The highest BCUT2D eigenvalue weighted by atomic mass is 19.1. The second-order valence-electron chi connectivity index (χ2n) is 8.82. The minimum atomic E-state index is -0.173. The summed E-state index contributed by atoms with van der Waals surface area (Å²) in [7, 11) is 1.78. The first-order valence-corrected chi connectivity index (χ1v) is 11.8. The van der Waals surface area contributed by atoms with Crippen molar-refractivity contribution in [2.45, 2.75) is 64.2 Å². The van der Waals surface area contributed by atoms with Gasteiger partial charge in [0.05, 0.1) is 6.67 Å². The van der Waals surface area contributed by atoms with Gasteiger partial charge in [-0.25, -0.2) is 0 Å². The predicted octanol–water partition coefficient (Wildman–Crippen LogP) is 7.48. The first-order chi connectivity index (χ1) is 15.1. The van der Waals surface area contributed by atoms with Crippen LogP contribution in [0, 0.1) is 5.92 Å². The average molecular weight is 422 g/mol. The number of anilines is 1. The van der Waals surface area contributed by atoms with E-state index in [-0.39, 0.29) is 12.6 Å². The molecular formula is C28H36FNO. The molecule has 0 spiro atoms. The maximum Gasteiger partial charge on any atom is 0.250 e. The van der Waals surface area contributed by atoms with E-state index in [0.29, 0.717) is 5.92 Å². The summed E-state index contributed by atoms with van der Waals surface area (Å²) in [5.74, 6) is 1.34. The van der Waals surface area contributed by atoms with Crippen molar-refractivity contribution in [2.75, 3.05) is 18.6 Å². The molecule has 3 heteroatoms. The number of aryl methyl sites for hydroxylation is 1. The molecule has 31 heavy (non-hydrogen) atoms. The lowest BCUT2D eigenvalue weighted by Gasteiger charge is -2.29. The molecule has 2 aromatic carbocycles. The molecule has 0 unspecified atom stereocenters. The largest absolute Gasteiger partial charge is 0.312 e. The molecule has 3 rings (SSSR count). The number of hydrogen-bond acceptors (Lipinski definition) is 1. The van der Waals surface area contributed by atoms with Crippen LogP contribution in [0.3, 0.4) is 0 Å². The lowest BCUT2D eigenvalue weighted by Crippen LogP contribution is -2.23. The Bertz CT molecular complexity index is 865. The Balaban J connectivity index is 1.67. The van der Waals surface area contributed by atoms with E-state index in [2.05, 4.69) is 49.9 Å². The summed E-state index contributed by atoms with van der Waals surface area (Å²) < 4.78 is 12.3. The van der Waals surface area contributed by atoms with Gasteiger partial charge in [0.1, 0.15) is 0 Å². The summed E-state index contributed by atoms with van der Waals surface area (Å²) in [6.07, 6.45) is 10.3. The molecule has 0 radical (unpaired) electrons. The summed E-state index contributed by atoms with van der Waals surface area (Å²) >= 11 is 0. The quantitative estimate of drug-likeness (QED) is 0.303. The molecule has 1 aliphatic carbocycles. The van der Waals surface area contributed by atoms with Gasteiger partial charge in [-0.2, -0.15) is 0 Å². The van der Waals surface area contributed by atoms with E-state index in [1.54, 1.807) is 11.9 Å². The SMILES string of the molecule is C=CC(=O)N(C)c1ccc(-c2ccc(C3CCC(CCCCF)CC3)cc2)c(CC)c1. The van der Waals surface area contributed by atoms with Gasteiger partial charge in [-0.05, 0) is 90.8 Å². The van der Waals surface area contributed by atoms with E-state index < -0.39 is 0 Å². The van der Waals surface area contributed by atoms with Crippen LogP contribution in [0.5, 0.6) is 0 Å². The summed E-state index contributed by atoms with van der Waals surface area (Å²) in [5, 5.41) is 0. The molecular weight excluding hydrogens is 385 g/mol. The fraction of sp³-hybridized carbons (Fsp3) is 0.464. The number of nitrogens with zero attached hydrogens (tertiary/aromatic N) is 1. The molecule has 0 atom stereocenters. The highest BCUT2D eigenvalue weighted by Gasteiger charge is 2.22. The van der Waals surface area contributed by atoms with Gasteiger partial charge in [0.15, 0.2) is 0 Å². The third-order valence-electron chi connectivity index (χ3n) is 6.90. The summed E-state index contributed by atoms with van der Waals surface area (Å²) in [6, 6.07) is 15.3. The Labute approximate surface area is 187 Å². The maximum atomic E-state index is 12.3. The van der Waals surface area contributed by atoms with E-state index in [4.69, 9.17) is 0 Å². The minimum Gasteiger partial charge on any atom is -0.312 e. The Morgan fingerprint density at radius 2 is 1.81 bits per heavy atom. The van der Waals surface area contributed by atoms with Crippen molar-refractivity contribution < 1.29 is 9.18 Å². The predicted molar refractivity (Wildman–Crippen MR) is 129 cm³/mol. The molecule has 1 amide bonds. The monoisotopic (exact) mass is 421 g/mol. The van der Waals surface area contributed by atoms with E-state index in [1.165, 1.54) is 60.4 Å². The number of hydrogen-bond donors (Lipinski definition) is 0. The summed E-state index contributed by atoms with van der Waals surface area (Å²) in [6.45, 7) is 5.56. The van der Waals surface area contributed by atoms with Gasteiger partial charge in [0, 0.05) is 12.7 Å². The first kappa shape index (κ1) is 23.2. The third kappa shape index (κ3) is 5.84. The zero-order valence-corrected chi connectivity index (χ0v) is 19.1. The molecule has 1 aliphatic rings. The number of alkyl halides is 1. The molecule has 0 aliphatic heterocycles. The number of carbonyl (C=O) groups excluding carboxylic acids is 1. The van der Waals surface area contributed by atoms with Crippen LogP contribution >= 0.6 is 0 Å². The molecule has 0 heterocycles. The van der Waals surface area contributed by atoms with Crippen molar-refractivity contribution in [3.8, 4) is 11.1 Å². The van der Waals surface area contributed by atoms with Crippen molar-refractivity contribution in [1.29, 1.82) is 0 Å². The van der Waals surface area contributed by atoms with Gasteiger partial charge >= 0.3 is 0 Å². The molecule has 2 nitrogen and oxygen atoms in total. The number of carbonyl (C=O) groups is 1. The number of rotatable bonds is 9. The molecule has 0 saturated heterocycles. The van der Waals surface area contributed by atoms with Crippen molar-refractivity contribution in [2.24, 2.45) is 5.92 Å². The average Bonchev–Trinajstić information content (AvgIpc) is 2.83. The molecule has 0 N–H and O–H groups in total. The van der Waals surface area contributed by atoms with E-state index in [9.17, 15) is 9.18 Å². The van der Waals surface area contributed by atoms with Gasteiger partial charge < -0.3 is 4.90 Å². The fourth-order valence-electron chi connectivity index (χ4n) is 4.87. The first-order valence-electron chi connectivity index (χ1n) is 11.8. The molecule has 0 aromatic heterocycles. The van der Waals surface area contributed by atoms with Gasteiger partial charge in [-0.3, -0.25) is 9.18 Å². The van der Waals surface area contributed by atoms with Gasteiger partial charge in [-0.1, -0.05) is 56.7 Å². The number of likely N-dealkylation sites (N-methyl/N-ethyl adjacent to an activating group) is 1. The van der Waals surface area contributed by atoms with Crippen molar-refractivity contribution in [1.82, 2.24) is 0 Å². The highest BCUT2D eigenvalue weighted by Crippen LogP contribution is 2.38.